The van der Waals surface area contributed by atoms with Gasteiger partial charge in [-0.3, -0.25) is 24.0 Å². The fourth-order valence-corrected chi connectivity index (χ4v) is 2.52. The van der Waals surface area contributed by atoms with Crippen LogP contribution in [0.1, 0.15) is 57.5 Å². The molecule has 1 aromatic heterocycles. The molecule has 2 amide bonds. The Kier molecular flexibility index (Phi) is 3.39. The lowest BCUT2D eigenvalue weighted by Crippen LogP contribution is -2.30. The third-order valence-electron chi connectivity index (χ3n) is 3.82. The maximum atomic E-state index is 12.4. The Morgan fingerprint density at radius 1 is 1.09 bits per heavy atom. The van der Waals surface area contributed by atoms with Gasteiger partial charge in [-0.1, -0.05) is 12.1 Å². The van der Waals surface area contributed by atoms with E-state index in [4.69, 9.17) is 0 Å². The number of hydrogen-bond acceptors (Lipinski definition) is 4. The van der Waals surface area contributed by atoms with Crippen LogP contribution in [-0.4, -0.2) is 32.8 Å². The maximum Gasteiger partial charge on any atom is 0.261 e. The largest absolute Gasteiger partial charge is 0.298 e. The zero-order chi connectivity index (χ0) is 16.8. The Morgan fingerprint density at radius 3 is 2.13 bits per heavy atom. The van der Waals surface area contributed by atoms with E-state index in [1.165, 1.54) is 0 Å². The summed E-state index contributed by atoms with van der Waals surface area (Å²) in [6.07, 6.45) is 2.34. The lowest BCUT2D eigenvalue weighted by molar-refractivity contribution is 0.0638. The van der Waals surface area contributed by atoms with Gasteiger partial charge in [-0.2, -0.15) is 5.10 Å². The smallest absolute Gasteiger partial charge is 0.261 e. The van der Waals surface area contributed by atoms with Gasteiger partial charge in [0.15, 0.2) is 6.29 Å². The van der Waals surface area contributed by atoms with Crippen molar-refractivity contribution in [2.24, 2.45) is 0 Å². The minimum absolute atomic E-state index is 0.0104. The highest BCUT2D eigenvalue weighted by Gasteiger charge is 2.36. The molecule has 1 aromatic carbocycles. The number of aldehydes is 1. The fourth-order valence-electron chi connectivity index (χ4n) is 2.52. The third-order valence-corrected chi connectivity index (χ3v) is 3.82. The minimum Gasteiger partial charge on any atom is -0.298 e. The van der Waals surface area contributed by atoms with E-state index in [9.17, 15) is 14.4 Å². The van der Waals surface area contributed by atoms with Gasteiger partial charge in [0, 0.05) is 6.20 Å². The van der Waals surface area contributed by atoms with Crippen LogP contribution in [0.25, 0.3) is 0 Å². The molecule has 0 unspecified atom stereocenters. The molecule has 0 atom stereocenters. The molecule has 0 bridgehead atoms. The molecule has 6 heteroatoms. The van der Waals surface area contributed by atoms with Crippen LogP contribution in [0.3, 0.4) is 0 Å². The van der Waals surface area contributed by atoms with Gasteiger partial charge in [0.25, 0.3) is 11.8 Å². The van der Waals surface area contributed by atoms with Gasteiger partial charge in [-0.05, 0) is 32.9 Å². The number of hydrogen-bond donors (Lipinski definition) is 0. The Hall–Kier alpha value is -2.76. The average molecular weight is 311 g/mol. The van der Waals surface area contributed by atoms with Crippen LogP contribution < -0.4 is 0 Å². The number of fused-ring (bicyclic) bond motifs is 1. The lowest BCUT2D eigenvalue weighted by Gasteiger charge is -2.19. The lowest BCUT2D eigenvalue weighted by atomic mass is 10.1. The van der Waals surface area contributed by atoms with Gasteiger partial charge in [-0.25, -0.2) is 0 Å². The van der Waals surface area contributed by atoms with Crippen LogP contribution in [0.15, 0.2) is 30.5 Å². The van der Waals surface area contributed by atoms with Crippen LogP contribution in [0.2, 0.25) is 0 Å². The summed E-state index contributed by atoms with van der Waals surface area (Å²) in [5.74, 6) is -0.708. The quantitative estimate of drug-likeness (QED) is 0.644. The molecule has 3 rings (SSSR count). The predicted molar refractivity (Wildman–Crippen MR) is 83.3 cm³/mol. The molecule has 0 spiro atoms. The van der Waals surface area contributed by atoms with Crippen molar-refractivity contribution in [1.82, 2.24) is 14.7 Å². The van der Waals surface area contributed by atoms with Crippen molar-refractivity contribution in [2.45, 2.75) is 32.9 Å². The van der Waals surface area contributed by atoms with Crippen molar-refractivity contribution < 1.29 is 14.4 Å². The molecule has 6 nitrogen and oxygen atoms in total. The normalized spacial score (nSPS) is 14.3. The molecule has 1 aliphatic heterocycles. The Labute approximate surface area is 133 Å². The first kappa shape index (κ1) is 15.1. The van der Waals surface area contributed by atoms with Gasteiger partial charge >= 0.3 is 0 Å². The monoisotopic (exact) mass is 311 g/mol. The molecule has 0 saturated carbocycles. The standard InChI is InChI=1S/C17H17N3O3/c1-17(2,3)20-8-11(10-21)14(18-20)9-19-15(22)12-6-4-5-7-13(12)16(19)23/h4-8,10H,9H2,1-3H3. The van der Waals surface area contributed by atoms with Crippen molar-refractivity contribution in [3.05, 3.63) is 52.8 Å². The summed E-state index contributed by atoms with van der Waals surface area (Å²) in [4.78, 5) is 37.2. The Morgan fingerprint density at radius 2 is 1.65 bits per heavy atom. The van der Waals surface area contributed by atoms with Gasteiger partial charge in [-0.15, -0.1) is 0 Å². The second-order valence-corrected chi connectivity index (χ2v) is 6.51. The first-order valence-electron chi connectivity index (χ1n) is 7.32. The van der Waals surface area contributed by atoms with Crippen molar-refractivity contribution in [2.75, 3.05) is 0 Å². The topological polar surface area (TPSA) is 72.3 Å². The molecular formula is C17H17N3O3. The van der Waals surface area contributed by atoms with E-state index in [-0.39, 0.29) is 23.9 Å². The number of benzene rings is 1. The average Bonchev–Trinajstić information content (AvgIpc) is 3.03. The number of nitrogens with zero attached hydrogens (tertiary/aromatic N) is 3. The van der Waals surface area contributed by atoms with Gasteiger partial charge in [0.2, 0.25) is 0 Å². The minimum atomic E-state index is -0.354. The Bertz CT molecular complexity index is 780. The van der Waals surface area contributed by atoms with E-state index in [2.05, 4.69) is 5.10 Å². The van der Waals surface area contributed by atoms with Crippen molar-refractivity contribution in [1.29, 1.82) is 0 Å². The van der Waals surface area contributed by atoms with Gasteiger partial charge in [0.1, 0.15) is 0 Å². The first-order chi connectivity index (χ1) is 10.8. The Balaban J connectivity index is 1.95. The van der Waals surface area contributed by atoms with Crippen LogP contribution in [0, 0.1) is 0 Å². The van der Waals surface area contributed by atoms with E-state index in [1.54, 1.807) is 35.1 Å². The second-order valence-electron chi connectivity index (χ2n) is 6.51. The molecule has 0 N–H and O–H groups in total. The van der Waals surface area contributed by atoms with Gasteiger partial charge < -0.3 is 0 Å². The predicted octanol–water partition coefficient (Wildman–Crippen LogP) is 2.25. The zero-order valence-electron chi connectivity index (χ0n) is 13.2. The molecule has 2 aromatic rings. The van der Waals surface area contributed by atoms with E-state index >= 15 is 0 Å². The van der Waals surface area contributed by atoms with E-state index in [0.29, 0.717) is 28.7 Å². The first-order valence-corrected chi connectivity index (χ1v) is 7.32. The highest BCUT2D eigenvalue weighted by Crippen LogP contribution is 2.25. The second kappa shape index (κ2) is 5.15. The molecule has 1 aliphatic rings. The van der Waals surface area contributed by atoms with Gasteiger partial charge in [0.05, 0.1) is 34.5 Å². The van der Waals surface area contributed by atoms with E-state index in [1.807, 2.05) is 20.8 Å². The summed E-state index contributed by atoms with van der Waals surface area (Å²) < 4.78 is 1.67. The molecule has 0 radical (unpaired) electrons. The van der Waals surface area contributed by atoms with E-state index < -0.39 is 0 Å². The SMILES string of the molecule is CC(C)(C)n1cc(C=O)c(CN2C(=O)c3ccccc3C2=O)n1. The summed E-state index contributed by atoms with van der Waals surface area (Å²) >= 11 is 0. The van der Waals surface area contributed by atoms with E-state index in [0.717, 1.165) is 4.90 Å². The summed E-state index contributed by atoms with van der Waals surface area (Å²) in [7, 11) is 0. The molecule has 0 fully saturated rings. The number of rotatable bonds is 3. The summed E-state index contributed by atoms with van der Waals surface area (Å²) in [5, 5.41) is 4.39. The molecule has 2 heterocycles. The molecule has 118 valence electrons. The molecule has 23 heavy (non-hydrogen) atoms. The summed E-state index contributed by atoms with van der Waals surface area (Å²) in [6, 6.07) is 6.70. The summed E-state index contributed by atoms with van der Waals surface area (Å²) in [5.41, 5.74) is 1.29. The number of aromatic nitrogens is 2. The van der Waals surface area contributed by atoms with Crippen LogP contribution in [0.4, 0.5) is 0 Å². The third kappa shape index (κ3) is 2.46. The fraction of sp³-hybridized carbons (Fsp3) is 0.294. The molecule has 0 saturated heterocycles. The summed E-state index contributed by atoms with van der Waals surface area (Å²) in [6.45, 7) is 5.87. The number of imide groups is 1. The van der Waals surface area contributed by atoms with Crippen LogP contribution in [0.5, 0.6) is 0 Å². The van der Waals surface area contributed by atoms with Crippen molar-refractivity contribution >= 4 is 18.1 Å². The number of carbonyl (C=O) groups excluding carboxylic acids is 3. The highest BCUT2D eigenvalue weighted by atomic mass is 16.2. The van der Waals surface area contributed by atoms with Crippen molar-refractivity contribution in [3.8, 4) is 0 Å². The molecule has 0 aliphatic carbocycles. The maximum absolute atomic E-state index is 12.4. The van der Waals surface area contributed by atoms with Crippen LogP contribution in [-0.2, 0) is 12.1 Å². The number of amides is 2. The number of carbonyl (C=O) groups is 3. The zero-order valence-corrected chi connectivity index (χ0v) is 13.2. The molecular weight excluding hydrogens is 294 g/mol. The van der Waals surface area contributed by atoms with Crippen molar-refractivity contribution in [3.63, 3.8) is 0 Å². The highest BCUT2D eigenvalue weighted by molar-refractivity contribution is 6.21. The van der Waals surface area contributed by atoms with Crippen LogP contribution >= 0.6 is 0 Å².